The van der Waals surface area contributed by atoms with Crippen LogP contribution in [0.2, 0.25) is 0 Å². The molecule has 3 rings (SSSR count). The number of aromatic nitrogens is 4. The highest BCUT2D eigenvalue weighted by atomic mass is 15.1. The lowest BCUT2D eigenvalue weighted by atomic mass is 10.4. The van der Waals surface area contributed by atoms with Crippen LogP contribution in [0.1, 0.15) is 12.2 Å². The van der Waals surface area contributed by atoms with E-state index in [4.69, 9.17) is 0 Å². The minimum atomic E-state index is 0.833. The maximum Gasteiger partial charge on any atom is 0.181 e. The summed E-state index contributed by atoms with van der Waals surface area (Å²) >= 11 is 0. The summed E-state index contributed by atoms with van der Waals surface area (Å²) in [6.07, 6.45) is 5.67. The number of imidazole rings is 1. The first-order valence-corrected chi connectivity index (χ1v) is 4.10. The third-order valence-corrected chi connectivity index (χ3v) is 2.29. The molecule has 3 heterocycles. The van der Waals surface area contributed by atoms with Crippen LogP contribution in [0, 0.1) is 0 Å². The van der Waals surface area contributed by atoms with Crippen molar-refractivity contribution in [2.45, 2.75) is 19.4 Å². The van der Waals surface area contributed by atoms with Crippen molar-refractivity contribution in [2.24, 2.45) is 0 Å². The number of hydrogen-bond donors (Lipinski definition) is 0. The molecule has 0 spiro atoms. The highest BCUT2D eigenvalue weighted by Gasteiger charge is 2.15. The van der Waals surface area contributed by atoms with E-state index in [-0.39, 0.29) is 0 Å². The van der Waals surface area contributed by atoms with E-state index in [1.807, 2.05) is 6.20 Å². The van der Waals surface area contributed by atoms with E-state index in [0.29, 0.717) is 0 Å². The third kappa shape index (κ3) is 0.642. The minimum absolute atomic E-state index is 0.833. The van der Waals surface area contributed by atoms with Gasteiger partial charge in [-0.05, 0) is 6.42 Å². The van der Waals surface area contributed by atoms with Crippen LogP contribution in [0.5, 0.6) is 0 Å². The molecule has 60 valence electrons. The summed E-state index contributed by atoms with van der Waals surface area (Å²) in [6, 6.07) is 0. The van der Waals surface area contributed by atoms with Crippen LogP contribution < -0.4 is 0 Å². The predicted octanol–water partition coefficient (Wildman–Crippen LogP) is 0.772. The SMILES string of the molecule is c1ncc2c(n1)nc1n2CCC1. The van der Waals surface area contributed by atoms with Gasteiger partial charge in [0.2, 0.25) is 0 Å². The molecule has 2 aromatic rings. The van der Waals surface area contributed by atoms with Crippen LogP contribution in [0.3, 0.4) is 0 Å². The van der Waals surface area contributed by atoms with E-state index < -0.39 is 0 Å². The van der Waals surface area contributed by atoms with Gasteiger partial charge in [-0.3, -0.25) is 0 Å². The summed E-state index contributed by atoms with van der Waals surface area (Å²) in [5.41, 5.74) is 1.91. The molecule has 0 amide bonds. The summed E-state index contributed by atoms with van der Waals surface area (Å²) in [5.74, 6) is 1.16. The highest BCUT2D eigenvalue weighted by Crippen LogP contribution is 2.19. The van der Waals surface area contributed by atoms with Gasteiger partial charge >= 0.3 is 0 Å². The zero-order valence-electron chi connectivity index (χ0n) is 6.56. The molecule has 0 bridgehead atoms. The molecule has 0 N–H and O–H groups in total. The molecule has 0 atom stereocenters. The van der Waals surface area contributed by atoms with E-state index in [1.165, 1.54) is 6.42 Å². The van der Waals surface area contributed by atoms with Gasteiger partial charge in [0.1, 0.15) is 17.7 Å². The summed E-state index contributed by atoms with van der Waals surface area (Å²) in [7, 11) is 0. The van der Waals surface area contributed by atoms with E-state index in [1.54, 1.807) is 6.33 Å². The molecule has 4 heteroatoms. The monoisotopic (exact) mass is 160 g/mol. The Hall–Kier alpha value is -1.45. The highest BCUT2D eigenvalue weighted by molar-refractivity contribution is 5.70. The fourth-order valence-electron chi connectivity index (χ4n) is 1.75. The van der Waals surface area contributed by atoms with Crippen molar-refractivity contribution in [1.82, 2.24) is 19.5 Å². The lowest BCUT2D eigenvalue weighted by Gasteiger charge is -1.94. The molecule has 1 aliphatic rings. The van der Waals surface area contributed by atoms with Crippen molar-refractivity contribution in [3.05, 3.63) is 18.3 Å². The number of hydrogen-bond acceptors (Lipinski definition) is 3. The van der Waals surface area contributed by atoms with E-state index in [0.717, 1.165) is 30.0 Å². The Labute approximate surface area is 69.3 Å². The summed E-state index contributed by atoms with van der Waals surface area (Å²) in [5, 5.41) is 0. The molecule has 0 radical (unpaired) electrons. The zero-order chi connectivity index (χ0) is 7.97. The molecular formula is C8H8N4. The molecule has 0 aliphatic carbocycles. The van der Waals surface area contributed by atoms with Crippen molar-refractivity contribution in [2.75, 3.05) is 0 Å². The maximum atomic E-state index is 4.41. The normalized spacial score (nSPS) is 15.3. The maximum absolute atomic E-state index is 4.41. The molecule has 12 heavy (non-hydrogen) atoms. The average Bonchev–Trinajstić information content (AvgIpc) is 2.62. The van der Waals surface area contributed by atoms with Crippen molar-refractivity contribution in [1.29, 1.82) is 0 Å². The van der Waals surface area contributed by atoms with Crippen LogP contribution in [0.4, 0.5) is 0 Å². The Morgan fingerprint density at radius 1 is 1.42 bits per heavy atom. The van der Waals surface area contributed by atoms with Crippen LogP contribution in [-0.2, 0) is 13.0 Å². The Bertz CT molecular complexity index is 432. The number of nitrogens with zero attached hydrogens (tertiary/aromatic N) is 4. The van der Waals surface area contributed by atoms with Gasteiger partial charge in [0.25, 0.3) is 0 Å². The summed E-state index contributed by atoms with van der Waals surface area (Å²) in [4.78, 5) is 12.5. The van der Waals surface area contributed by atoms with Crippen LogP contribution >= 0.6 is 0 Å². The summed E-state index contributed by atoms with van der Waals surface area (Å²) < 4.78 is 2.20. The van der Waals surface area contributed by atoms with Crippen molar-refractivity contribution >= 4 is 11.2 Å². The first-order chi connectivity index (χ1) is 5.95. The van der Waals surface area contributed by atoms with Gasteiger partial charge in [-0.15, -0.1) is 0 Å². The van der Waals surface area contributed by atoms with Crippen molar-refractivity contribution in [3.8, 4) is 0 Å². The Morgan fingerprint density at radius 3 is 3.42 bits per heavy atom. The van der Waals surface area contributed by atoms with Crippen molar-refractivity contribution in [3.63, 3.8) is 0 Å². The molecule has 0 saturated heterocycles. The number of rotatable bonds is 0. The van der Waals surface area contributed by atoms with Gasteiger partial charge < -0.3 is 4.57 Å². The standard InChI is InChI=1S/C8H8N4/c1-2-7-11-8-6(12(7)3-1)4-9-5-10-8/h4-5H,1-3H2. The second-order valence-corrected chi connectivity index (χ2v) is 3.01. The Morgan fingerprint density at radius 2 is 2.42 bits per heavy atom. The van der Waals surface area contributed by atoms with E-state index in [2.05, 4.69) is 19.5 Å². The first-order valence-electron chi connectivity index (χ1n) is 4.10. The quantitative estimate of drug-likeness (QED) is 0.571. The number of fused-ring (bicyclic) bond motifs is 3. The molecule has 0 saturated carbocycles. The van der Waals surface area contributed by atoms with Crippen LogP contribution in [-0.4, -0.2) is 19.5 Å². The third-order valence-electron chi connectivity index (χ3n) is 2.29. The van der Waals surface area contributed by atoms with Crippen LogP contribution in [0.25, 0.3) is 11.2 Å². The first kappa shape index (κ1) is 6.11. The smallest absolute Gasteiger partial charge is 0.181 e. The topological polar surface area (TPSA) is 43.6 Å². The molecule has 0 unspecified atom stereocenters. The van der Waals surface area contributed by atoms with E-state index >= 15 is 0 Å². The van der Waals surface area contributed by atoms with Crippen molar-refractivity contribution < 1.29 is 0 Å². The lowest BCUT2D eigenvalue weighted by molar-refractivity contribution is 0.770. The zero-order valence-corrected chi connectivity index (χ0v) is 6.56. The fourth-order valence-corrected chi connectivity index (χ4v) is 1.75. The predicted molar refractivity (Wildman–Crippen MR) is 43.6 cm³/mol. The Kier molecular flexibility index (Phi) is 1.03. The second-order valence-electron chi connectivity index (χ2n) is 3.01. The lowest BCUT2D eigenvalue weighted by Crippen LogP contribution is -1.91. The largest absolute Gasteiger partial charge is 0.325 e. The van der Waals surface area contributed by atoms with E-state index in [9.17, 15) is 0 Å². The van der Waals surface area contributed by atoms with Gasteiger partial charge in [-0.25, -0.2) is 15.0 Å². The van der Waals surface area contributed by atoms with Gasteiger partial charge in [-0.1, -0.05) is 0 Å². The molecule has 0 fully saturated rings. The van der Waals surface area contributed by atoms with Gasteiger partial charge in [0.15, 0.2) is 5.65 Å². The second kappa shape index (κ2) is 2.03. The summed E-state index contributed by atoms with van der Waals surface area (Å²) in [6.45, 7) is 1.07. The van der Waals surface area contributed by atoms with Crippen LogP contribution in [0.15, 0.2) is 12.5 Å². The molecule has 2 aromatic heterocycles. The number of aryl methyl sites for hydroxylation is 2. The van der Waals surface area contributed by atoms with Gasteiger partial charge in [0, 0.05) is 13.0 Å². The molecule has 1 aliphatic heterocycles. The molecule has 4 nitrogen and oxygen atoms in total. The fraction of sp³-hybridized carbons (Fsp3) is 0.375. The van der Waals surface area contributed by atoms with Gasteiger partial charge in [-0.2, -0.15) is 0 Å². The minimum Gasteiger partial charge on any atom is -0.325 e. The molecular weight excluding hydrogens is 152 g/mol. The molecule has 0 aromatic carbocycles. The average molecular weight is 160 g/mol. The Balaban J connectivity index is 2.44. The van der Waals surface area contributed by atoms with Gasteiger partial charge in [0.05, 0.1) is 6.20 Å².